The van der Waals surface area contributed by atoms with Crippen molar-refractivity contribution in [2.45, 2.75) is 13.5 Å². The molecule has 0 unspecified atom stereocenters. The lowest BCUT2D eigenvalue weighted by molar-refractivity contribution is 0.0685. The number of hydrogen-bond donors (Lipinski definition) is 3. The van der Waals surface area contributed by atoms with Crippen molar-refractivity contribution >= 4 is 29.2 Å². The zero-order valence-corrected chi connectivity index (χ0v) is 15.2. The SMILES string of the molecule is CCn1cc(NC(=O)c2cn(C)nc2C(=O)O)c(C(=O)Nc2ccccc2)n1. The topological polar surface area (TPSA) is 131 Å². The number of para-hydroxylation sites is 1. The number of carboxylic acids is 1. The van der Waals surface area contributed by atoms with E-state index < -0.39 is 17.8 Å². The largest absolute Gasteiger partial charge is 0.476 e. The van der Waals surface area contributed by atoms with Gasteiger partial charge in [0.1, 0.15) is 0 Å². The molecule has 0 aliphatic heterocycles. The number of aryl methyl sites for hydroxylation is 2. The van der Waals surface area contributed by atoms with Gasteiger partial charge in [-0.25, -0.2) is 4.79 Å². The third-order valence-corrected chi connectivity index (χ3v) is 3.86. The molecule has 10 nitrogen and oxygen atoms in total. The van der Waals surface area contributed by atoms with Crippen LogP contribution in [0.25, 0.3) is 0 Å². The summed E-state index contributed by atoms with van der Waals surface area (Å²) in [6, 6.07) is 8.82. The Morgan fingerprint density at radius 2 is 1.71 bits per heavy atom. The van der Waals surface area contributed by atoms with Crippen LogP contribution in [0.1, 0.15) is 38.3 Å². The first-order chi connectivity index (χ1) is 13.4. The maximum Gasteiger partial charge on any atom is 0.357 e. The molecule has 0 fully saturated rings. The summed E-state index contributed by atoms with van der Waals surface area (Å²) in [5.41, 5.74) is 0.267. The Labute approximate surface area is 159 Å². The van der Waals surface area contributed by atoms with Crippen molar-refractivity contribution in [3.8, 4) is 0 Å². The monoisotopic (exact) mass is 382 g/mol. The van der Waals surface area contributed by atoms with Gasteiger partial charge in [-0.05, 0) is 19.1 Å². The van der Waals surface area contributed by atoms with E-state index in [-0.39, 0.29) is 22.6 Å². The molecule has 2 amide bonds. The van der Waals surface area contributed by atoms with Crippen molar-refractivity contribution < 1.29 is 19.5 Å². The van der Waals surface area contributed by atoms with Gasteiger partial charge in [-0.2, -0.15) is 10.2 Å². The summed E-state index contributed by atoms with van der Waals surface area (Å²) in [6.45, 7) is 2.32. The van der Waals surface area contributed by atoms with E-state index in [4.69, 9.17) is 0 Å². The molecule has 2 aromatic heterocycles. The van der Waals surface area contributed by atoms with Gasteiger partial charge < -0.3 is 15.7 Å². The number of aromatic nitrogens is 4. The van der Waals surface area contributed by atoms with Crippen LogP contribution in [0, 0.1) is 0 Å². The van der Waals surface area contributed by atoms with Crippen molar-refractivity contribution in [3.63, 3.8) is 0 Å². The first kappa shape index (κ1) is 18.8. The molecule has 144 valence electrons. The van der Waals surface area contributed by atoms with E-state index in [1.165, 1.54) is 28.8 Å². The summed E-state index contributed by atoms with van der Waals surface area (Å²) in [6.07, 6.45) is 2.81. The van der Waals surface area contributed by atoms with E-state index in [1.807, 2.05) is 13.0 Å². The Morgan fingerprint density at radius 3 is 2.36 bits per heavy atom. The highest BCUT2D eigenvalue weighted by atomic mass is 16.4. The first-order valence-electron chi connectivity index (χ1n) is 8.41. The van der Waals surface area contributed by atoms with Crippen molar-refractivity contribution in [1.29, 1.82) is 0 Å². The molecule has 2 heterocycles. The number of aromatic carboxylic acids is 1. The molecule has 1 aromatic carbocycles. The number of anilines is 2. The van der Waals surface area contributed by atoms with E-state index >= 15 is 0 Å². The van der Waals surface area contributed by atoms with Crippen LogP contribution in [0.4, 0.5) is 11.4 Å². The quantitative estimate of drug-likeness (QED) is 0.596. The van der Waals surface area contributed by atoms with Crippen molar-refractivity contribution in [3.05, 3.63) is 59.7 Å². The van der Waals surface area contributed by atoms with E-state index in [2.05, 4.69) is 20.8 Å². The fourth-order valence-corrected chi connectivity index (χ4v) is 2.56. The molecular weight excluding hydrogens is 364 g/mol. The predicted molar refractivity (Wildman–Crippen MR) is 100 cm³/mol. The summed E-state index contributed by atoms with van der Waals surface area (Å²) in [7, 11) is 1.51. The molecule has 0 saturated heterocycles. The molecule has 3 N–H and O–H groups in total. The van der Waals surface area contributed by atoms with Crippen LogP contribution in [-0.4, -0.2) is 42.5 Å². The van der Waals surface area contributed by atoms with Crippen LogP contribution >= 0.6 is 0 Å². The second-order valence-electron chi connectivity index (χ2n) is 5.89. The van der Waals surface area contributed by atoms with Gasteiger partial charge in [0.2, 0.25) is 0 Å². The maximum absolute atomic E-state index is 12.6. The van der Waals surface area contributed by atoms with Crippen LogP contribution in [0.5, 0.6) is 0 Å². The van der Waals surface area contributed by atoms with E-state index in [9.17, 15) is 19.5 Å². The number of nitrogens with one attached hydrogen (secondary N) is 2. The average molecular weight is 382 g/mol. The Balaban J connectivity index is 1.88. The molecule has 0 bridgehead atoms. The molecule has 28 heavy (non-hydrogen) atoms. The molecule has 0 radical (unpaired) electrons. The van der Waals surface area contributed by atoms with Crippen LogP contribution < -0.4 is 10.6 Å². The molecule has 0 aliphatic rings. The maximum atomic E-state index is 12.6. The van der Waals surface area contributed by atoms with Gasteiger partial charge >= 0.3 is 5.97 Å². The zero-order chi connectivity index (χ0) is 20.3. The Kier molecular flexibility index (Phi) is 5.21. The number of benzene rings is 1. The lowest BCUT2D eigenvalue weighted by Gasteiger charge is -2.06. The summed E-state index contributed by atoms with van der Waals surface area (Å²) in [5.74, 6) is -2.52. The Bertz CT molecular complexity index is 1040. The van der Waals surface area contributed by atoms with E-state index in [0.717, 1.165) is 0 Å². The number of nitrogens with zero attached hydrogens (tertiary/aromatic N) is 4. The second kappa shape index (κ2) is 7.74. The Morgan fingerprint density at radius 1 is 1.00 bits per heavy atom. The molecule has 0 atom stereocenters. The minimum Gasteiger partial charge on any atom is -0.476 e. The summed E-state index contributed by atoms with van der Waals surface area (Å²) in [4.78, 5) is 36.5. The van der Waals surface area contributed by atoms with Gasteiger partial charge in [0, 0.05) is 31.7 Å². The smallest absolute Gasteiger partial charge is 0.357 e. The van der Waals surface area contributed by atoms with Gasteiger partial charge in [-0.1, -0.05) is 18.2 Å². The molecule has 0 saturated carbocycles. The summed E-state index contributed by atoms with van der Waals surface area (Å²) in [5, 5.41) is 22.4. The van der Waals surface area contributed by atoms with Gasteiger partial charge in [-0.15, -0.1) is 0 Å². The second-order valence-corrected chi connectivity index (χ2v) is 5.89. The molecular formula is C18H18N6O4. The van der Waals surface area contributed by atoms with Crippen molar-refractivity contribution in [2.75, 3.05) is 10.6 Å². The minimum atomic E-state index is -1.32. The summed E-state index contributed by atoms with van der Waals surface area (Å²) >= 11 is 0. The fraction of sp³-hybridized carbons (Fsp3) is 0.167. The van der Waals surface area contributed by atoms with Crippen LogP contribution in [0.2, 0.25) is 0 Å². The van der Waals surface area contributed by atoms with Crippen molar-refractivity contribution in [2.24, 2.45) is 7.05 Å². The molecule has 0 aliphatic carbocycles. The predicted octanol–water partition coefficient (Wildman–Crippen LogP) is 1.84. The highest BCUT2D eigenvalue weighted by molar-refractivity contribution is 6.13. The van der Waals surface area contributed by atoms with Crippen molar-refractivity contribution in [1.82, 2.24) is 19.6 Å². The molecule has 3 aromatic rings. The van der Waals surface area contributed by atoms with Crippen LogP contribution in [0.3, 0.4) is 0 Å². The number of carbonyl (C=O) groups excluding carboxylic acids is 2. The van der Waals surface area contributed by atoms with Gasteiger partial charge in [0.15, 0.2) is 11.4 Å². The zero-order valence-electron chi connectivity index (χ0n) is 15.2. The van der Waals surface area contributed by atoms with Gasteiger partial charge in [0.25, 0.3) is 11.8 Å². The first-order valence-corrected chi connectivity index (χ1v) is 8.41. The number of rotatable bonds is 6. The van der Waals surface area contributed by atoms with E-state index in [0.29, 0.717) is 12.2 Å². The Hall–Kier alpha value is -3.95. The number of hydrogen-bond acceptors (Lipinski definition) is 5. The third kappa shape index (κ3) is 3.90. The minimum absolute atomic E-state index is 0.0137. The van der Waals surface area contributed by atoms with Gasteiger partial charge in [0.05, 0.1) is 11.3 Å². The van der Waals surface area contributed by atoms with E-state index in [1.54, 1.807) is 24.3 Å². The number of carboxylic acid groups (broad SMARTS) is 1. The number of carbonyl (C=O) groups is 3. The molecule has 3 rings (SSSR count). The lowest BCUT2D eigenvalue weighted by Crippen LogP contribution is -2.19. The summed E-state index contributed by atoms with van der Waals surface area (Å²) < 4.78 is 2.73. The third-order valence-electron chi connectivity index (χ3n) is 3.86. The van der Waals surface area contributed by atoms with Gasteiger partial charge in [-0.3, -0.25) is 19.0 Å². The van der Waals surface area contributed by atoms with Crippen LogP contribution in [0.15, 0.2) is 42.7 Å². The highest BCUT2D eigenvalue weighted by Crippen LogP contribution is 2.18. The highest BCUT2D eigenvalue weighted by Gasteiger charge is 2.24. The molecule has 10 heteroatoms. The lowest BCUT2D eigenvalue weighted by atomic mass is 10.2. The normalized spacial score (nSPS) is 10.5. The fourth-order valence-electron chi connectivity index (χ4n) is 2.56. The molecule has 0 spiro atoms. The average Bonchev–Trinajstić information content (AvgIpc) is 3.26. The standard InChI is InChI=1S/C18H18N6O4/c1-3-24-10-13(15(22-24)17(26)19-11-7-5-4-6-8-11)20-16(25)12-9-23(2)21-14(12)18(27)28/h4-10H,3H2,1-2H3,(H,19,26)(H,20,25)(H,27,28). The van der Waals surface area contributed by atoms with Crippen LogP contribution in [-0.2, 0) is 13.6 Å². The number of amides is 2.